The van der Waals surface area contributed by atoms with Crippen molar-refractivity contribution < 1.29 is 14.3 Å². The Hall–Kier alpha value is -3.47. The molecular weight excluding hydrogens is 397 g/mol. The normalized spacial score (nSPS) is 12.9. The molecule has 7 heteroatoms. The van der Waals surface area contributed by atoms with Crippen LogP contribution in [0.1, 0.15) is 15.9 Å². The number of aryl methyl sites for hydroxylation is 1. The number of aromatic nitrogens is 2. The van der Waals surface area contributed by atoms with Crippen LogP contribution in [0.2, 0.25) is 0 Å². The molecule has 1 aromatic heterocycles. The lowest BCUT2D eigenvalue weighted by molar-refractivity contribution is 0.102. The van der Waals surface area contributed by atoms with Gasteiger partial charge in [-0.05, 0) is 55.0 Å². The van der Waals surface area contributed by atoms with Gasteiger partial charge in [0.2, 0.25) is 5.57 Å². The molecule has 1 amide bonds. The fourth-order valence-corrected chi connectivity index (χ4v) is 4.70. The summed E-state index contributed by atoms with van der Waals surface area (Å²) in [6, 6.07) is 22.9. The largest absolute Gasteiger partial charge is 0.336 e. The average molecular weight is 417 g/mol. The molecule has 3 aromatic carbocycles. The number of benzene rings is 3. The van der Waals surface area contributed by atoms with Gasteiger partial charge in [0.05, 0.1) is 0 Å². The Morgan fingerprint density at radius 3 is 2.33 bits per heavy atom. The molecule has 0 bridgehead atoms. The molecule has 4 aromatic rings. The molecule has 0 saturated heterocycles. The molecule has 2 N–H and O–H groups in total. The van der Waals surface area contributed by atoms with Crippen LogP contribution >= 0.6 is 7.37 Å². The highest BCUT2D eigenvalue weighted by Crippen LogP contribution is 2.37. The smallest absolute Gasteiger partial charge is 0.293 e. The van der Waals surface area contributed by atoms with Crippen LogP contribution in [0.25, 0.3) is 5.69 Å². The predicted octanol–water partition coefficient (Wildman–Crippen LogP) is 3.65. The Bertz CT molecular complexity index is 1230. The van der Waals surface area contributed by atoms with Crippen molar-refractivity contribution in [3.8, 4) is 5.69 Å². The van der Waals surface area contributed by atoms with Gasteiger partial charge in [0.15, 0.2) is 0 Å². The molecule has 0 fully saturated rings. The Morgan fingerprint density at radius 2 is 1.63 bits per heavy atom. The monoisotopic (exact) mass is 417 g/mol. The van der Waals surface area contributed by atoms with Gasteiger partial charge in [0, 0.05) is 34.6 Å². The molecule has 0 aliphatic carbocycles. The lowest BCUT2D eigenvalue weighted by Gasteiger charge is -2.14. The van der Waals surface area contributed by atoms with E-state index in [1.807, 2.05) is 25.1 Å². The van der Waals surface area contributed by atoms with E-state index in [2.05, 4.69) is 10.3 Å². The van der Waals surface area contributed by atoms with E-state index in [-0.39, 0.29) is 11.5 Å². The van der Waals surface area contributed by atoms with E-state index < -0.39 is 7.37 Å². The minimum atomic E-state index is -3.85. The van der Waals surface area contributed by atoms with E-state index in [9.17, 15) is 14.3 Å². The van der Waals surface area contributed by atoms with Crippen molar-refractivity contribution in [3.05, 3.63) is 102 Å². The summed E-state index contributed by atoms with van der Waals surface area (Å²) < 4.78 is 14.7. The first-order valence-corrected chi connectivity index (χ1v) is 11.0. The maximum atomic E-state index is 13.1. The third kappa shape index (κ3) is 3.83. The summed E-state index contributed by atoms with van der Waals surface area (Å²) in [6.07, 6.45) is 3.14. The maximum Gasteiger partial charge on any atom is 0.293 e. The first kappa shape index (κ1) is 19.8. The van der Waals surface area contributed by atoms with Crippen LogP contribution in [0, 0.1) is 6.92 Å². The fraction of sp³-hybridized carbons (Fsp3) is 0.0435. The summed E-state index contributed by atoms with van der Waals surface area (Å²) in [4.78, 5) is 27.4. The zero-order valence-corrected chi connectivity index (χ0v) is 17.2. The zero-order valence-electron chi connectivity index (χ0n) is 16.3. The predicted molar refractivity (Wildman–Crippen MR) is 118 cm³/mol. The van der Waals surface area contributed by atoms with E-state index in [1.54, 1.807) is 71.4 Å². The van der Waals surface area contributed by atoms with Crippen molar-refractivity contribution in [2.75, 3.05) is 5.32 Å². The second-order valence-electron chi connectivity index (χ2n) is 6.82. The summed E-state index contributed by atoms with van der Waals surface area (Å²) in [5.41, 5.74) is 2.88. The van der Waals surface area contributed by atoms with E-state index in [4.69, 9.17) is 0 Å². The number of anilines is 1. The third-order valence-corrected chi connectivity index (χ3v) is 6.66. The number of hydrogen-bond acceptors (Lipinski definition) is 3. The first-order chi connectivity index (χ1) is 14.5. The van der Waals surface area contributed by atoms with Gasteiger partial charge in [-0.2, -0.15) is 0 Å². The molecule has 6 nitrogen and oxygen atoms in total. The van der Waals surface area contributed by atoms with Crippen LogP contribution in [0.3, 0.4) is 0 Å². The molecule has 0 saturated carbocycles. The van der Waals surface area contributed by atoms with Gasteiger partial charge in [-0.25, -0.2) is 4.98 Å². The van der Waals surface area contributed by atoms with Crippen molar-refractivity contribution in [1.82, 2.24) is 9.55 Å². The highest BCUT2D eigenvalue weighted by Gasteiger charge is 2.29. The summed E-state index contributed by atoms with van der Waals surface area (Å²) in [7, 11) is -3.85. The van der Waals surface area contributed by atoms with E-state index in [1.165, 1.54) is 6.20 Å². The van der Waals surface area contributed by atoms with Crippen LogP contribution in [0.4, 0.5) is 5.69 Å². The molecule has 0 radical (unpaired) electrons. The lowest BCUT2D eigenvalue weighted by Crippen LogP contribution is -2.24. The summed E-state index contributed by atoms with van der Waals surface area (Å²) in [5.74, 6) is -0.187. The second-order valence-corrected chi connectivity index (χ2v) is 8.89. The molecule has 4 rings (SSSR count). The van der Waals surface area contributed by atoms with Crippen molar-refractivity contribution >= 4 is 29.8 Å². The second kappa shape index (κ2) is 8.11. The topological polar surface area (TPSA) is 84.2 Å². The lowest BCUT2D eigenvalue weighted by atomic mass is 10.1. The Labute approximate surface area is 174 Å². The van der Waals surface area contributed by atoms with Gasteiger partial charge in [-0.1, -0.05) is 36.4 Å². The Balaban J connectivity index is 1.59. The Morgan fingerprint density at radius 1 is 0.967 bits per heavy atom. The number of carbonyl (C=O) groups excluding carboxylic acids is 1. The number of imidazole rings is 1. The Kier molecular flexibility index (Phi) is 5.36. The highest BCUT2D eigenvalue weighted by molar-refractivity contribution is 7.73. The van der Waals surface area contributed by atoms with Gasteiger partial charge in [-0.15, -0.1) is 0 Å². The van der Waals surface area contributed by atoms with Crippen LogP contribution in [0.5, 0.6) is 0 Å². The molecule has 0 spiro atoms. The van der Waals surface area contributed by atoms with Crippen molar-refractivity contribution in [3.63, 3.8) is 0 Å². The van der Waals surface area contributed by atoms with E-state index in [0.717, 1.165) is 5.56 Å². The van der Waals surface area contributed by atoms with Crippen molar-refractivity contribution in [1.29, 1.82) is 0 Å². The third-order valence-electron chi connectivity index (χ3n) is 4.79. The first-order valence-electron chi connectivity index (χ1n) is 9.36. The number of hydrogen-bond donors (Lipinski definition) is 2. The van der Waals surface area contributed by atoms with Gasteiger partial charge < -0.3 is 10.2 Å². The number of amides is 1. The minimum Gasteiger partial charge on any atom is -0.336 e. The van der Waals surface area contributed by atoms with Crippen LogP contribution in [0.15, 0.2) is 91.3 Å². The van der Waals surface area contributed by atoms with Crippen LogP contribution in [-0.2, 0) is 4.57 Å². The van der Waals surface area contributed by atoms with Gasteiger partial charge in [0.25, 0.3) is 13.3 Å². The standard InChI is InChI=1S/C23H20N3O3P/c1-17-7-5-6-10-21(17)22(27)25-18-11-13-19(14-12-18)26-16-15-24-23(26)30(28,29)20-8-3-2-4-9-20/h2-16H,1H3,(H,25,27)(H,28,29). The molecule has 0 aliphatic heterocycles. The molecule has 1 atom stereocenters. The molecule has 30 heavy (non-hydrogen) atoms. The van der Waals surface area contributed by atoms with Gasteiger partial charge >= 0.3 is 0 Å². The average Bonchev–Trinajstić information content (AvgIpc) is 3.26. The molecule has 1 unspecified atom stereocenters. The number of nitrogens with zero attached hydrogens (tertiary/aromatic N) is 2. The van der Waals surface area contributed by atoms with Crippen molar-refractivity contribution in [2.45, 2.75) is 6.92 Å². The van der Waals surface area contributed by atoms with Gasteiger partial charge in [0.1, 0.15) is 0 Å². The van der Waals surface area contributed by atoms with Crippen molar-refractivity contribution in [2.24, 2.45) is 0 Å². The van der Waals surface area contributed by atoms with E-state index in [0.29, 0.717) is 22.2 Å². The fourth-order valence-electron chi connectivity index (χ4n) is 3.20. The van der Waals surface area contributed by atoms with Crippen LogP contribution in [-0.4, -0.2) is 20.4 Å². The van der Waals surface area contributed by atoms with Crippen LogP contribution < -0.4 is 16.2 Å². The summed E-state index contributed by atoms with van der Waals surface area (Å²) in [5, 5.41) is 3.19. The van der Waals surface area contributed by atoms with E-state index >= 15 is 0 Å². The number of nitrogens with one attached hydrogen (secondary N) is 1. The molecule has 1 heterocycles. The highest BCUT2D eigenvalue weighted by atomic mass is 31.2. The molecular formula is C23H20N3O3P. The molecule has 150 valence electrons. The zero-order chi connectivity index (χ0) is 21.1. The number of carbonyl (C=O) groups is 1. The minimum absolute atomic E-state index is 0.0744. The quantitative estimate of drug-likeness (QED) is 0.486. The summed E-state index contributed by atoms with van der Waals surface area (Å²) in [6.45, 7) is 1.89. The number of rotatable bonds is 5. The molecule has 0 aliphatic rings. The SMILES string of the molecule is Cc1ccccc1C(=O)Nc1ccc(-n2ccnc2P(=O)(O)c2ccccc2)cc1. The maximum absolute atomic E-state index is 13.1. The summed E-state index contributed by atoms with van der Waals surface area (Å²) >= 11 is 0. The van der Waals surface area contributed by atoms with Gasteiger partial charge in [-0.3, -0.25) is 13.9 Å².